The number of rotatable bonds is 36. The number of aliphatic hydroxyl groups is 4. The number of carbonyl (C=O) groups excluding carboxylic acids is 2. The summed E-state index contributed by atoms with van der Waals surface area (Å²) in [5.41, 5.74) is 0. The lowest BCUT2D eigenvalue weighted by molar-refractivity contribution is -0.174. The van der Waals surface area contributed by atoms with Gasteiger partial charge in [0, 0.05) is 19.3 Å². The second-order valence-electron chi connectivity index (χ2n) is 15.5. The highest BCUT2D eigenvalue weighted by atomic mass is 31.2. The number of unbranched alkanes of at least 4 members (excludes halogenated alkanes) is 24. The maximum absolute atomic E-state index is 12.7. The SMILES string of the molecule is CCCCCCCCCCCCCCCC(=O)OCC(COP(=O)(O)O[C@H]1[C@@H](O)[C@@H](O)[C@H](O)C[C@H]1O)OC(=O)CCCCCCCCCCCCCCC. The number of ether oxygens (including phenoxy) is 2. The molecule has 1 fully saturated rings. The molecule has 0 amide bonds. The minimum Gasteiger partial charge on any atom is -0.462 e. The molecular weight excluding hydrogens is 715 g/mol. The fraction of sp³-hybridized carbons (Fsp3) is 0.951. The van der Waals surface area contributed by atoms with Gasteiger partial charge in [0.05, 0.1) is 18.8 Å². The first-order valence-corrected chi connectivity index (χ1v) is 23.2. The van der Waals surface area contributed by atoms with Gasteiger partial charge in [-0.25, -0.2) is 4.57 Å². The molecule has 54 heavy (non-hydrogen) atoms. The molecule has 0 saturated heterocycles. The van der Waals surface area contributed by atoms with Crippen LogP contribution >= 0.6 is 7.82 Å². The van der Waals surface area contributed by atoms with Crippen LogP contribution in [0.3, 0.4) is 0 Å². The van der Waals surface area contributed by atoms with Crippen LogP contribution in [0, 0.1) is 0 Å². The van der Waals surface area contributed by atoms with Crippen LogP contribution in [0.2, 0.25) is 0 Å². The summed E-state index contributed by atoms with van der Waals surface area (Å²) in [5, 5.41) is 40.0. The molecule has 0 aromatic carbocycles. The van der Waals surface area contributed by atoms with Crippen LogP contribution in [0.15, 0.2) is 0 Å². The number of phosphoric ester groups is 1. The van der Waals surface area contributed by atoms with E-state index >= 15 is 0 Å². The Bertz CT molecular complexity index is 968. The highest BCUT2D eigenvalue weighted by Crippen LogP contribution is 2.47. The van der Waals surface area contributed by atoms with E-state index in [1.807, 2.05) is 0 Å². The molecule has 0 aromatic heterocycles. The third kappa shape index (κ3) is 26.7. The van der Waals surface area contributed by atoms with Crippen molar-refractivity contribution in [1.82, 2.24) is 0 Å². The summed E-state index contributed by atoms with van der Waals surface area (Å²) in [6.07, 6.45) is 21.0. The van der Waals surface area contributed by atoms with Crippen LogP contribution in [-0.2, 0) is 32.7 Å². The van der Waals surface area contributed by atoms with Crippen molar-refractivity contribution < 1.29 is 58.0 Å². The first kappa shape index (κ1) is 50.9. The van der Waals surface area contributed by atoms with Gasteiger partial charge in [-0.3, -0.25) is 18.6 Å². The maximum Gasteiger partial charge on any atom is 0.472 e. The predicted octanol–water partition coefficient (Wildman–Crippen LogP) is 8.75. The van der Waals surface area contributed by atoms with E-state index in [-0.39, 0.29) is 19.4 Å². The number of phosphoric acid groups is 1. The van der Waals surface area contributed by atoms with Crippen molar-refractivity contribution >= 4 is 19.8 Å². The molecule has 0 heterocycles. The Balaban J connectivity index is 2.44. The van der Waals surface area contributed by atoms with E-state index in [1.54, 1.807) is 0 Å². The molecule has 1 saturated carbocycles. The van der Waals surface area contributed by atoms with Crippen molar-refractivity contribution in [3.8, 4) is 0 Å². The summed E-state index contributed by atoms with van der Waals surface area (Å²) in [4.78, 5) is 35.5. The first-order valence-electron chi connectivity index (χ1n) is 21.7. The zero-order valence-electron chi connectivity index (χ0n) is 33.9. The van der Waals surface area contributed by atoms with Crippen molar-refractivity contribution in [1.29, 1.82) is 0 Å². The molecule has 0 spiro atoms. The Morgan fingerprint density at radius 2 is 0.944 bits per heavy atom. The zero-order chi connectivity index (χ0) is 39.9. The van der Waals surface area contributed by atoms with E-state index in [0.29, 0.717) is 12.8 Å². The molecule has 1 rings (SSSR count). The van der Waals surface area contributed by atoms with Gasteiger partial charge >= 0.3 is 19.8 Å². The largest absolute Gasteiger partial charge is 0.472 e. The molecule has 0 aromatic rings. The van der Waals surface area contributed by atoms with Gasteiger partial charge in [0.2, 0.25) is 0 Å². The van der Waals surface area contributed by atoms with Crippen LogP contribution in [0.5, 0.6) is 0 Å². The number of aliphatic hydroxyl groups excluding tert-OH is 4. The van der Waals surface area contributed by atoms with E-state index < -0.39 is 69.4 Å². The molecule has 5 N–H and O–H groups in total. The summed E-state index contributed by atoms with van der Waals surface area (Å²) >= 11 is 0. The molecule has 1 aliphatic carbocycles. The Morgan fingerprint density at radius 1 is 0.556 bits per heavy atom. The number of carbonyl (C=O) groups is 2. The fourth-order valence-corrected chi connectivity index (χ4v) is 7.85. The third-order valence-corrected chi connectivity index (χ3v) is 11.3. The highest BCUT2D eigenvalue weighted by molar-refractivity contribution is 7.47. The Kier molecular flexibility index (Phi) is 31.0. The van der Waals surface area contributed by atoms with Crippen LogP contribution in [0.1, 0.15) is 200 Å². The third-order valence-electron chi connectivity index (χ3n) is 10.3. The molecular formula is C41H79O12P. The van der Waals surface area contributed by atoms with Gasteiger partial charge in [0.1, 0.15) is 24.9 Å². The molecule has 0 radical (unpaired) electrons. The predicted molar refractivity (Wildman–Crippen MR) is 211 cm³/mol. The Hall–Kier alpha value is -1.11. The molecule has 13 heteroatoms. The first-order chi connectivity index (χ1) is 26.0. The van der Waals surface area contributed by atoms with Gasteiger partial charge in [-0.15, -0.1) is 0 Å². The summed E-state index contributed by atoms with van der Waals surface area (Å²) in [6, 6.07) is 0. The lowest BCUT2D eigenvalue weighted by Crippen LogP contribution is -2.56. The summed E-state index contributed by atoms with van der Waals surface area (Å²) in [7, 11) is -4.97. The van der Waals surface area contributed by atoms with Gasteiger partial charge in [0.15, 0.2) is 6.10 Å². The minimum atomic E-state index is -4.97. The van der Waals surface area contributed by atoms with Crippen LogP contribution in [0.4, 0.5) is 0 Å². The Labute approximate surface area is 327 Å². The fourth-order valence-electron chi connectivity index (χ4n) is 6.86. The average molecular weight is 795 g/mol. The van der Waals surface area contributed by atoms with Gasteiger partial charge in [-0.2, -0.15) is 0 Å². The molecule has 1 aliphatic rings. The number of hydrogen-bond donors (Lipinski definition) is 5. The van der Waals surface area contributed by atoms with Gasteiger partial charge in [0.25, 0.3) is 0 Å². The van der Waals surface area contributed by atoms with Crippen molar-refractivity contribution in [2.24, 2.45) is 0 Å². The lowest BCUT2D eigenvalue weighted by atomic mass is 9.87. The molecule has 0 bridgehead atoms. The molecule has 7 atom stereocenters. The summed E-state index contributed by atoms with van der Waals surface area (Å²) < 4.78 is 33.6. The Morgan fingerprint density at radius 3 is 1.37 bits per heavy atom. The summed E-state index contributed by atoms with van der Waals surface area (Å²) in [6.45, 7) is 3.42. The smallest absolute Gasteiger partial charge is 0.462 e. The van der Waals surface area contributed by atoms with Crippen molar-refractivity contribution in [2.45, 2.75) is 237 Å². The van der Waals surface area contributed by atoms with Gasteiger partial charge < -0.3 is 34.8 Å². The number of hydrogen-bond acceptors (Lipinski definition) is 11. The lowest BCUT2D eigenvalue weighted by Gasteiger charge is -2.38. The van der Waals surface area contributed by atoms with Crippen LogP contribution in [-0.4, -0.2) is 87.1 Å². The second kappa shape index (κ2) is 32.9. The second-order valence-corrected chi connectivity index (χ2v) is 16.9. The molecule has 12 nitrogen and oxygen atoms in total. The van der Waals surface area contributed by atoms with Crippen molar-refractivity contribution in [3.63, 3.8) is 0 Å². The van der Waals surface area contributed by atoms with E-state index in [4.69, 9.17) is 18.5 Å². The highest BCUT2D eigenvalue weighted by Gasteiger charge is 2.46. The van der Waals surface area contributed by atoms with E-state index in [9.17, 15) is 39.5 Å². The van der Waals surface area contributed by atoms with Gasteiger partial charge in [-0.1, -0.05) is 168 Å². The van der Waals surface area contributed by atoms with E-state index in [2.05, 4.69) is 13.8 Å². The van der Waals surface area contributed by atoms with Crippen molar-refractivity contribution in [2.75, 3.05) is 13.2 Å². The van der Waals surface area contributed by atoms with Crippen molar-refractivity contribution in [3.05, 3.63) is 0 Å². The van der Waals surface area contributed by atoms with E-state index in [1.165, 1.54) is 116 Å². The zero-order valence-corrected chi connectivity index (χ0v) is 34.8. The monoisotopic (exact) mass is 795 g/mol. The maximum atomic E-state index is 12.7. The standard InChI is InChI=1S/C41H79O12P/c1-3-5-7-9-11-13-15-17-19-21-23-25-27-29-37(44)50-32-34(33-51-54(48,49)53-41-36(43)31-35(42)39(46)40(41)47)52-38(45)30-28-26-24-22-20-18-16-14-12-10-8-6-4-2/h34-36,39-43,46-47H,3-33H2,1-2H3,(H,48,49)/t34?,35-,36-,39+,40+,41-/m1/s1. The number of esters is 2. The van der Waals surface area contributed by atoms with E-state index in [0.717, 1.165) is 38.5 Å². The average Bonchev–Trinajstić information content (AvgIpc) is 3.14. The van der Waals surface area contributed by atoms with Crippen LogP contribution < -0.4 is 0 Å². The molecule has 2 unspecified atom stereocenters. The topological polar surface area (TPSA) is 189 Å². The molecule has 320 valence electrons. The normalized spacial score (nSPS) is 21.8. The quantitative estimate of drug-likeness (QED) is 0.0231. The minimum absolute atomic E-state index is 0.134. The molecule has 0 aliphatic heterocycles. The van der Waals surface area contributed by atoms with Crippen LogP contribution in [0.25, 0.3) is 0 Å². The summed E-state index contributed by atoms with van der Waals surface area (Å²) in [5.74, 6) is -1.02. The van der Waals surface area contributed by atoms with Gasteiger partial charge in [-0.05, 0) is 12.8 Å².